The van der Waals surface area contributed by atoms with Crippen LogP contribution in [0.5, 0.6) is 0 Å². The van der Waals surface area contributed by atoms with Gasteiger partial charge in [0.1, 0.15) is 5.82 Å². The molecule has 0 aliphatic carbocycles. The lowest BCUT2D eigenvalue weighted by molar-refractivity contribution is -0.131. The fourth-order valence-electron chi connectivity index (χ4n) is 3.61. The van der Waals surface area contributed by atoms with E-state index >= 15 is 0 Å². The molecule has 1 amide bonds. The maximum Gasteiger partial charge on any atom is 0.230 e. The van der Waals surface area contributed by atoms with Crippen molar-refractivity contribution in [2.24, 2.45) is 11.8 Å². The Morgan fingerprint density at radius 3 is 2.72 bits per heavy atom. The van der Waals surface area contributed by atoms with Crippen LogP contribution in [-0.4, -0.2) is 49.9 Å². The van der Waals surface area contributed by atoms with E-state index in [1.54, 1.807) is 0 Å². The van der Waals surface area contributed by atoms with E-state index in [-0.39, 0.29) is 17.9 Å². The number of anilines is 2. The molecule has 1 aromatic rings. The van der Waals surface area contributed by atoms with Crippen molar-refractivity contribution in [3.8, 4) is 0 Å². The van der Waals surface area contributed by atoms with Gasteiger partial charge in [-0.2, -0.15) is 0 Å². The van der Waals surface area contributed by atoms with Crippen LogP contribution in [-0.2, 0) is 14.3 Å². The summed E-state index contributed by atoms with van der Waals surface area (Å²) in [6.07, 6.45) is 1.82. The first-order chi connectivity index (χ1) is 12.1. The van der Waals surface area contributed by atoms with Crippen LogP contribution in [0.1, 0.15) is 32.4 Å². The number of hydrogen-bond donors (Lipinski definition) is 1. The summed E-state index contributed by atoms with van der Waals surface area (Å²) in [5.74, 6) is 1.23. The summed E-state index contributed by atoms with van der Waals surface area (Å²) in [6.45, 7) is 10.1. The zero-order chi connectivity index (χ0) is 17.8. The van der Waals surface area contributed by atoms with Crippen LogP contribution in [0.4, 0.5) is 11.5 Å². The second-order valence-corrected chi connectivity index (χ2v) is 7.22. The second-order valence-electron chi connectivity index (χ2n) is 7.22. The van der Waals surface area contributed by atoms with Gasteiger partial charge in [-0.25, -0.2) is 4.98 Å². The van der Waals surface area contributed by atoms with E-state index in [2.05, 4.69) is 29.0 Å². The van der Waals surface area contributed by atoms with Crippen molar-refractivity contribution in [1.29, 1.82) is 0 Å². The topological polar surface area (TPSA) is 63.7 Å². The lowest BCUT2D eigenvalue weighted by Gasteiger charge is -2.33. The first-order valence-corrected chi connectivity index (χ1v) is 9.29. The molecule has 0 aromatic carbocycles. The minimum atomic E-state index is -0.0907. The van der Waals surface area contributed by atoms with E-state index in [4.69, 9.17) is 9.47 Å². The third-order valence-electron chi connectivity index (χ3n) is 5.02. The molecule has 1 aromatic heterocycles. The molecule has 3 rings (SSSR count). The fourth-order valence-corrected chi connectivity index (χ4v) is 3.61. The Morgan fingerprint density at radius 2 is 2.04 bits per heavy atom. The fraction of sp³-hybridized carbons (Fsp3) is 0.684. The Bertz CT molecular complexity index is 600. The maximum atomic E-state index is 12.8. The maximum absolute atomic E-state index is 12.8. The number of carbonyl (C=O) groups is 1. The van der Waals surface area contributed by atoms with Gasteiger partial charge in [0, 0.05) is 19.7 Å². The molecule has 0 bridgehead atoms. The van der Waals surface area contributed by atoms with Crippen LogP contribution in [0, 0.1) is 18.8 Å². The Labute approximate surface area is 149 Å². The average molecular weight is 347 g/mol. The van der Waals surface area contributed by atoms with E-state index < -0.39 is 0 Å². The van der Waals surface area contributed by atoms with Gasteiger partial charge in [0.2, 0.25) is 5.91 Å². The zero-order valence-electron chi connectivity index (χ0n) is 15.5. The highest BCUT2D eigenvalue weighted by Gasteiger charge is 2.34. The Balaban J connectivity index is 1.68. The molecule has 6 nitrogen and oxygen atoms in total. The highest BCUT2D eigenvalue weighted by atomic mass is 16.5. The summed E-state index contributed by atoms with van der Waals surface area (Å²) >= 11 is 0. The van der Waals surface area contributed by atoms with Crippen LogP contribution in [0.3, 0.4) is 0 Å². The minimum absolute atomic E-state index is 0.00496. The number of aryl methyl sites for hydroxylation is 1. The summed E-state index contributed by atoms with van der Waals surface area (Å²) in [4.78, 5) is 19.7. The zero-order valence-corrected chi connectivity index (χ0v) is 15.5. The highest BCUT2D eigenvalue weighted by Crippen LogP contribution is 2.28. The average Bonchev–Trinajstić information content (AvgIpc) is 2.64. The van der Waals surface area contributed by atoms with Crippen molar-refractivity contribution in [2.45, 2.75) is 39.7 Å². The van der Waals surface area contributed by atoms with Gasteiger partial charge >= 0.3 is 0 Å². The third kappa shape index (κ3) is 4.30. The number of nitrogens with zero attached hydrogens (tertiary/aromatic N) is 2. The quantitative estimate of drug-likeness (QED) is 0.907. The molecule has 138 valence electrons. The molecule has 0 radical (unpaired) electrons. The number of nitrogens with one attached hydrogen (secondary N) is 1. The Morgan fingerprint density at radius 1 is 1.28 bits per heavy atom. The summed E-state index contributed by atoms with van der Waals surface area (Å²) in [5, 5.41) is 3.07. The normalized spacial score (nSPS) is 24.4. The molecule has 2 aliphatic heterocycles. The van der Waals surface area contributed by atoms with Crippen molar-refractivity contribution in [3.63, 3.8) is 0 Å². The highest BCUT2D eigenvalue weighted by molar-refractivity contribution is 5.93. The van der Waals surface area contributed by atoms with Crippen LogP contribution in [0.2, 0.25) is 0 Å². The lowest BCUT2D eigenvalue weighted by Crippen LogP contribution is -2.41. The standard InChI is InChI=1S/C19H29N3O3/c1-13(2)18-15(5-4-10-25-18)19(23)21-16-6-7-17(20-14(16)3)22-8-11-24-12-9-22/h6-7,13,15,18H,4-5,8-12H2,1-3H3,(H,21,23). The number of amides is 1. The van der Waals surface area contributed by atoms with Gasteiger partial charge in [0.25, 0.3) is 0 Å². The van der Waals surface area contributed by atoms with Crippen molar-refractivity contribution in [3.05, 3.63) is 17.8 Å². The number of hydrogen-bond acceptors (Lipinski definition) is 5. The molecule has 2 aliphatic rings. The van der Waals surface area contributed by atoms with Gasteiger partial charge in [0.15, 0.2) is 0 Å². The molecule has 2 unspecified atom stereocenters. The number of rotatable bonds is 4. The number of aromatic nitrogens is 1. The number of morpholine rings is 1. The molecule has 6 heteroatoms. The molecule has 2 saturated heterocycles. The van der Waals surface area contributed by atoms with E-state index in [0.717, 1.165) is 63.0 Å². The summed E-state index contributed by atoms with van der Waals surface area (Å²) < 4.78 is 11.2. The first kappa shape index (κ1) is 18.1. The van der Waals surface area contributed by atoms with Gasteiger partial charge in [-0.15, -0.1) is 0 Å². The predicted octanol–water partition coefficient (Wildman–Crippen LogP) is 2.62. The molecule has 2 fully saturated rings. The van der Waals surface area contributed by atoms with Gasteiger partial charge in [-0.3, -0.25) is 4.79 Å². The van der Waals surface area contributed by atoms with Gasteiger partial charge < -0.3 is 19.7 Å². The van der Waals surface area contributed by atoms with E-state index in [1.165, 1.54) is 0 Å². The lowest BCUT2D eigenvalue weighted by atomic mass is 9.86. The minimum Gasteiger partial charge on any atom is -0.378 e. The SMILES string of the molecule is Cc1nc(N2CCOCC2)ccc1NC(=O)C1CCCOC1C(C)C. The number of ether oxygens (including phenoxy) is 2. The Kier molecular flexibility index (Phi) is 5.91. The number of carbonyl (C=O) groups excluding carboxylic acids is 1. The Hall–Kier alpha value is -1.66. The van der Waals surface area contributed by atoms with Crippen molar-refractivity contribution in [2.75, 3.05) is 43.1 Å². The smallest absolute Gasteiger partial charge is 0.230 e. The molecule has 3 heterocycles. The molecule has 25 heavy (non-hydrogen) atoms. The monoisotopic (exact) mass is 347 g/mol. The van der Waals surface area contributed by atoms with E-state index in [9.17, 15) is 4.79 Å². The molecular formula is C19H29N3O3. The molecule has 2 atom stereocenters. The van der Waals surface area contributed by atoms with Crippen LogP contribution >= 0.6 is 0 Å². The van der Waals surface area contributed by atoms with E-state index in [0.29, 0.717) is 5.92 Å². The summed E-state index contributed by atoms with van der Waals surface area (Å²) in [7, 11) is 0. The largest absolute Gasteiger partial charge is 0.378 e. The van der Waals surface area contributed by atoms with Crippen molar-refractivity contribution in [1.82, 2.24) is 4.98 Å². The predicted molar refractivity (Wildman–Crippen MR) is 97.9 cm³/mol. The van der Waals surface area contributed by atoms with Crippen LogP contribution in [0.25, 0.3) is 0 Å². The summed E-state index contributed by atoms with van der Waals surface area (Å²) in [6, 6.07) is 3.93. The van der Waals surface area contributed by atoms with Gasteiger partial charge in [-0.1, -0.05) is 13.8 Å². The first-order valence-electron chi connectivity index (χ1n) is 9.29. The second kappa shape index (κ2) is 8.15. The van der Waals surface area contributed by atoms with E-state index in [1.807, 2.05) is 19.1 Å². The van der Waals surface area contributed by atoms with Crippen molar-refractivity contribution < 1.29 is 14.3 Å². The summed E-state index contributed by atoms with van der Waals surface area (Å²) in [5.41, 5.74) is 1.63. The van der Waals surface area contributed by atoms with Crippen LogP contribution in [0.15, 0.2) is 12.1 Å². The van der Waals surface area contributed by atoms with Crippen molar-refractivity contribution >= 4 is 17.4 Å². The molecular weight excluding hydrogens is 318 g/mol. The third-order valence-corrected chi connectivity index (χ3v) is 5.02. The number of pyridine rings is 1. The molecule has 1 N–H and O–H groups in total. The van der Waals surface area contributed by atoms with Gasteiger partial charge in [0.05, 0.1) is 36.6 Å². The molecule has 0 spiro atoms. The van der Waals surface area contributed by atoms with Crippen LogP contribution < -0.4 is 10.2 Å². The van der Waals surface area contributed by atoms with Gasteiger partial charge in [-0.05, 0) is 37.8 Å². The molecule has 0 saturated carbocycles.